The summed E-state index contributed by atoms with van der Waals surface area (Å²) < 4.78 is 20.6. The maximum atomic E-state index is 10.1. The van der Waals surface area contributed by atoms with Crippen LogP contribution in [0.25, 0.3) is 22.9 Å². The van der Waals surface area contributed by atoms with Crippen molar-refractivity contribution in [3.63, 3.8) is 0 Å². The number of nitriles is 1. The Labute approximate surface area is 272 Å². The van der Waals surface area contributed by atoms with Gasteiger partial charge in [0.25, 0.3) is 0 Å². The second kappa shape index (κ2) is 11.8. The van der Waals surface area contributed by atoms with Crippen LogP contribution in [0.3, 0.4) is 0 Å². The summed E-state index contributed by atoms with van der Waals surface area (Å²) in [6.07, 6.45) is 11.8. The van der Waals surface area contributed by atoms with Gasteiger partial charge in [0.15, 0.2) is 17.3 Å². The third-order valence-electron chi connectivity index (χ3n) is 10.6. The number of aromatic nitrogens is 5. The van der Waals surface area contributed by atoms with Crippen LogP contribution in [0.4, 0.5) is 5.00 Å². The minimum Gasteiger partial charge on any atom is -0.473 e. The maximum Gasteiger partial charge on any atom is 0.217 e. The summed E-state index contributed by atoms with van der Waals surface area (Å²) in [5.74, 6) is 1.81. The van der Waals surface area contributed by atoms with Crippen molar-refractivity contribution < 1.29 is 14.0 Å². The number of nitrogens with zero attached hydrogens (tertiary/aromatic N) is 7. The van der Waals surface area contributed by atoms with Crippen LogP contribution in [0.2, 0.25) is 0 Å². The normalized spacial score (nSPS) is 25.2. The van der Waals surface area contributed by atoms with E-state index in [1.807, 2.05) is 23.0 Å². The molecule has 4 atom stereocenters. The van der Waals surface area contributed by atoms with Gasteiger partial charge < -0.3 is 19.7 Å². The molecule has 0 amide bonds. The molecule has 240 valence electrons. The Morgan fingerprint density at radius 3 is 2.80 bits per heavy atom. The largest absolute Gasteiger partial charge is 0.473 e. The number of hydrogen-bond donors (Lipinski definition) is 1. The summed E-state index contributed by atoms with van der Waals surface area (Å²) in [7, 11) is 2.16. The average molecular weight is 641 g/mol. The van der Waals surface area contributed by atoms with E-state index >= 15 is 0 Å². The van der Waals surface area contributed by atoms with Crippen molar-refractivity contribution in [2.24, 2.45) is 0 Å². The minimum absolute atomic E-state index is 0.0522. The molecule has 1 spiro atoms. The number of thiophene rings is 1. The summed E-state index contributed by atoms with van der Waals surface area (Å²) >= 11 is 1.55. The molecule has 4 aromatic heterocycles. The van der Waals surface area contributed by atoms with Gasteiger partial charge in [-0.1, -0.05) is 5.16 Å². The summed E-state index contributed by atoms with van der Waals surface area (Å²) in [6, 6.07) is 6.83. The molecule has 12 heteroatoms. The number of aryl methyl sites for hydroxylation is 1. The molecule has 2 aliphatic carbocycles. The zero-order valence-electron chi connectivity index (χ0n) is 26.5. The lowest BCUT2D eigenvalue weighted by Gasteiger charge is -2.39. The van der Waals surface area contributed by atoms with Gasteiger partial charge in [0, 0.05) is 35.4 Å². The molecule has 46 heavy (non-hydrogen) atoms. The summed E-state index contributed by atoms with van der Waals surface area (Å²) in [6.45, 7) is 4.65. The van der Waals surface area contributed by atoms with Crippen LogP contribution < -0.4 is 10.5 Å². The predicted octanol–water partition coefficient (Wildman–Crippen LogP) is 5.68. The van der Waals surface area contributed by atoms with Crippen molar-refractivity contribution in [1.29, 1.82) is 5.26 Å². The number of rotatable bonds is 6. The number of ether oxygens (including phenoxy) is 2. The van der Waals surface area contributed by atoms with Crippen LogP contribution >= 0.6 is 11.3 Å². The van der Waals surface area contributed by atoms with Gasteiger partial charge in [0.1, 0.15) is 22.9 Å². The Bertz CT molecular complexity index is 1800. The van der Waals surface area contributed by atoms with Gasteiger partial charge in [0.05, 0.1) is 29.3 Å². The highest BCUT2D eigenvalue weighted by molar-refractivity contribution is 7.16. The second-order valence-corrected chi connectivity index (χ2v) is 14.5. The molecule has 8 rings (SSSR count). The highest BCUT2D eigenvalue weighted by Crippen LogP contribution is 2.55. The number of fused-ring (bicyclic) bond motifs is 4. The number of hydrogen-bond acceptors (Lipinski definition) is 11. The molecule has 0 saturated carbocycles. The molecule has 11 nitrogen and oxygen atoms in total. The van der Waals surface area contributed by atoms with E-state index in [9.17, 15) is 5.26 Å². The van der Waals surface area contributed by atoms with Crippen molar-refractivity contribution in [2.45, 2.75) is 94.7 Å². The summed E-state index contributed by atoms with van der Waals surface area (Å²) in [4.78, 5) is 13.6. The number of likely N-dealkylation sites (N-methyl/N-ethyl adjacent to an activating group) is 1. The minimum atomic E-state index is -0.412. The third-order valence-corrected chi connectivity index (χ3v) is 11.7. The van der Waals surface area contributed by atoms with Gasteiger partial charge in [-0.3, -0.25) is 9.58 Å². The monoisotopic (exact) mass is 640 g/mol. The summed E-state index contributed by atoms with van der Waals surface area (Å²) in [5.41, 5.74) is 10.7. The Morgan fingerprint density at radius 1 is 1.15 bits per heavy atom. The lowest BCUT2D eigenvalue weighted by molar-refractivity contribution is 0.0550. The van der Waals surface area contributed by atoms with Crippen molar-refractivity contribution in [3.8, 4) is 34.9 Å². The lowest BCUT2D eigenvalue weighted by atomic mass is 9.63. The predicted molar refractivity (Wildman–Crippen MR) is 174 cm³/mol. The molecule has 2 saturated heterocycles. The highest BCUT2D eigenvalue weighted by Gasteiger charge is 2.49. The van der Waals surface area contributed by atoms with Gasteiger partial charge in [-0.25, -0.2) is 4.98 Å². The van der Waals surface area contributed by atoms with E-state index in [-0.39, 0.29) is 12.1 Å². The molecule has 0 bridgehead atoms. The van der Waals surface area contributed by atoms with E-state index in [2.05, 4.69) is 30.1 Å². The van der Waals surface area contributed by atoms with Crippen LogP contribution in [-0.4, -0.2) is 68.8 Å². The lowest BCUT2D eigenvalue weighted by Crippen LogP contribution is -2.38. The molecule has 4 aliphatic rings. The van der Waals surface area contributed by atoms with Gasteiger partial charge in [0.2, 0.25) is 5.88 Å². The van der Waals surface area contributed by atoms with Crippen LogP contribution in [0, 0.1) is 11.3 Å². The fraction of sp³-hybridized carbons (Fsp3) is 0.559. The molecule has 4 aromatic rings. The topological polar surface area (TPSA) is 141 Å². The zero-order valence-corrected chi connectivity index (χ0v) is 27.3. The van der Waals surface area contributed by atoms with Crippen LogP contribution in [0.1, 0.15) is 91.7 Å². The van der Waals surface area contributed by atoms with E-state index < -0.39 is 5.41 Å². The molecule has 0 aromatic carbocycles. The molecular formula is C34H40N8O3S. The molecule has 2 fully saturated rings. The highest BCUT2D eigenvalue weighted by atomic mass is 32.1. The Morgan fingerprint density at radius 2 is 2.02 bits per heavy atom. The molecular weight excluding hydrogens is 600 g/mol. The van der Waals surface area contributed by atoms with Gasteiger partial charge in [-0.15, -0.1) is 11.3 Å². The van der Waals surface area contributed by atoms with E-state index in [4.69, 9.17) is 34.8 Å². The van der Waals surface area contributed by atoms with Crippen LogP contribution in [-0.2, 0) is 23.0 Å². The first-order valence-electron chi connectivity index (χ1n) is 16.7. The fourth-order valence-electron chi connectivity index (χ4n) is 8.35. The maximum absolute atomic E-state index is 10.1. The quantitative estimate of drug-likeness (QED) is 0.280. The smallest absolute Gasteiger partial charge is 0.217 e. The first kappa shape index (κ1) is 29.6. The molecule has 2 N–H and O–H groups in total. The number of nitrogens with two attached hydrogens (primary N) is 1. The number of nitrogen functional groups attached to an aromatic ring is 1. The Balaban J connectivity index is 1.21. The fourth-order valence-corrected chi connectivity index (χ4v) is 9.51. The average Bonchev–Trinajstić information content (AvgIpc) is 3.87. The second-order valence-electron chi connectivity index (χ2n) is 13.4. The van der Waals surface area contributed by atoms with E-state index in [0.29, 0.717) is 46.3 Å². The van der Waals surface area contributed by atoms with E-state index in [1.54, 1.807) is 11.3 Å². The standard InChI is InChI=1S/C34H40N8O3S/c1-20(26-9-5-14-41(26)2)44-28-17-25(24-11-15-42(39-24)21-7-6-16-43-19-21)37-33(38-28)30-22-8-3-12-34(31(22)45-40-30)13-4-10-27-29(34)23(18-35)32(36)46-27/h11,15,17,20-21,26H,3-10,12-14,16,19,36H2,1-2H3/t20-,21-,26-,34-/m0/s1. The summed E-state index contributed by atoms with van der Waals surface area (Å²) in [5, 5.41) is 20.3. The first-order chi connectivity index (χ1) is 22.4. The molecule has 0 radical (unpaired) electrons. The molecule has 2 aliphatic heterocycles. The van der Waals surface area contributed by atoms with Crippen LogP contribution in [0.15, 0.2) is 22.9 Å². The van der Waals surface area contributed by atoms with Crippen molar-refractivity contribution >= 4 is 16.3 Å². The number of likely N-dealkylation sites (tertiary alicyclic amines) is 1. The van der Waals surface area contributed by atoms with Gasteiger partial charge in [-0.05, 0) is 96.4 Å². The SMILES string of the molecule is C[C@H](Oc1cc(-c2ccn([C@H]3CCCOC3)n2)nc(-c2noc3c2CCC[C@@]32CCCc3sc(N)c(C#N)c32)n1)[C@@H]1CCCN1C. The number of anilines is 1. The Hall–Kier alpha value is -3.79. The third kappa shape index (κ3) is 4.91. The first-order valence-corrected chi connectivity index (χ1v) is 17.5. The van der Waals surface area contributed by atoms with E-state index in [0.717, 1.165) is 99.9 Å². The van der Waals surface area contributed by atoms with Crippen molar-refractivity contribution in [2.75, 3.05) is 32.5 Å². The van der Waals surface area contributed by atoms with Crippen molar-refractivity contribution in [3.05, 3.63) is 45.7 Å². The molecule has 0 unspecified atom stereocenters. The van der Waals surface area contributed by atoms with E-state index in [1.165, 1.54) is 4.88 Å². The van der Waals surface area contributed by atoms with Crippen LogP contribution in [0.5, 0.6) is 5.88 Å². The Kier molecular flexibility index (Phi) is 7.58. The zero-order chi connectivity index (χ0) is 31.4. The van der Waals surface area contributed by atoms with Gasteiger partial charge in [-0.2, -0.15) is 15.3 Å². The van der Waals surface area contributed by atoms with Crippen molar-refractivity contribution in [1.82, 2.24) is 29.8 Å². The molecule has 6 heterocycles. The van der Waals surface area contributed by atoms with Gasteiger partial charge >= 0.3 is 0 Å².